The molecule has 0 aliphatic carbocycles. The highest BCUT2D eigenvalue weighted by molar-refractivity contribution is 14.0. The molecule has 0 bridgehead atoms. The molecule has 0 aliphatic heterocycles. The fourth-order valence-corrected chi connectivity index (χ4v) is 2.67. The molecule has 3 aromatic rings. The summed E-state index contributed by atoms with van der Waals surface area (Å²) in [5.41, 5.74) is 2.99. The van der Waals surface area contributed by atoms with Crippen molar-refractivity contribution in [3.63, 3.8) is 0 Å². The van der Waals surface area contributed by atoms with Crippen molar-refractivity contribution in [1.29, 1.82) is 0 Å². The largest absolute Gasteiger partial charge is 0.444 e. The molecule has 0 saturated carbocycles. The summed E-state index contributed by atoms with van der Waals surface area (Å²) < 4.78 is 7.58. The van der Waals surface area contributed by atoms with Crippen molar-refractivity contribution in [3.8, 4) is 11.5 Å². The van der Waals surface area contributed by atoms with Gasteiger partial charge in [-0.25, -0.2) is 9.98 Å². The van der Waals surface area contributed by atoms with Crippen LogP contribution in [0.3, 0.4) is 0 Å². The molecular formula is C20H28IN7O. The van der Waals surface area contributed by atoms with Gasteiger partial charge in [-0.3, -0.25) is 0 Å². The lowest BCUT2D eigenvalue weighted by Crippen LogP contribution is -2.37. The molecule has 156 valence electrons. The summed E-state index contributed by atoms with van der Waals surface area (Å²) in [6, 6.07) is 8.13. The van der Waals surface area contributed by atoms with Gasteiger partial charge in [-0.05, 0) is 38.8 Å². The number of rotatable bonds is 9. The first-order chi connectivity index (χ1) is 13.7. The van der Waals surface area contributed by atoms with Crippen LogP contribution in [-0.2, 0) is 13.1 Å². The maximum atomic E-state index is 5.60. The van der Waals surface area contributed by atoms with E-state index in [-0.39, 0.29) is 24.0 Å². The molecular weight excluding hydrogens is 481 g/mol. The number of aromatic nitrogens is 4. The first-order valence-corrected chi connectivity index (χ1v) is 9.60. The molecule has 0 unspecified atom stereocenters. The fraction of sp³-hybridized carbons (Fsp3) is 0.400. The molecule has 9 heteroatoms. The molecule has 8 nitrogen and oxygen atoms in total. The smallest absolute Gasteiger partial charge is 0.226 e. The molecule has 0 spiro atoms. The van der Waals surface area contributed by atoms with Crippen molar-refractivity contribution >= 4 is 29.9 Å². The summed E-state index contributed by atoms with van der Waals surface area (Å²) in [6.45, 7) is 7.15. The van der Waals surface area contributed by atoms with Crippen molar-refractivity contribution in [2.75, 3.05) is 13.1 Å². The molecule has 29 heavy (non-hydrogen) atoms. The Morgan fingerprint density at radius 1 is 1.10 bits per heavy atom. The van der Waals surface area contributed by atoms with Gasteiger partial charge in [0.15, 0.2) is 5.96 Å². The summed E-state index contributed by atoms with van der Waals surface area (Å²) in [7, 11) is 0. The van der Waals surface area contributed by atoms with Gasteiger partial charge in [0.2, 0.25) is 5.89 Å². The number of hydrogen-bond donors (Lipinski definition) is 2. The molecule has 2 N–H and O–H groups in total. The highest BCUT2D eigenvalue weighted by Gasteiger charge is 2.06. The molecule has 0 radical (unpaired) electrons. The number of unbranched alkanes of at least 4 members (excludes halogenated alkanes) is 1. The molecule has 1 aromatic carbocycles. The maximum absolute atomic E-state index is 5.60. The monoisotopic (exact) mass is 509 g/mol. The van der Waals surface area contributed by atoms with Crippen LogP contribution in [0.15, 0.2) is 52.6 Å². The van der Waals surface area contributed by atoms with Gasteiger partial charge in [-0.15, -0.1) is 34.2 Å². The van der Waals surface area contributed by atoms with Crippen molar-refractivity contribution in [1.82, 2.24) is 30.4 Å². The van der Waals surface area contributed by atoms with Gasteiger partial charge in [-0.1, -0.05) is 17.7 Å². The molecule has 3 rings (SSSR count). The number of halogens is 1. The normalized spacial score (nSPS) is 11.2. The predicted octanol–water partition coefficient (Wildman–Crippen LogP) is 3.40. The molecule has 0 aliphatic rings. The Balaban J connectivity index is 0.00000300. The fourth-order valence-electron chi connectivity index (χ4n) is 2.67. The molecule has 0 saturated heterocycles. The number of nitrogens with one attached hydrogen (secondary N) is 2. The zero-order chi connectivity index (χ0) is 19.6. The summed E-state index contributed by atoms with van der Waals surface area (Å²) in [6.07, 6.45) is 7.22. The van der Waals surface area contributed by atoms with E-state index in [1.807, 2.05) is 28.8 Å². The maximum Gasteiger partial charge on any atom is 0.226 e. The van der Waals surface area contributed by atoms with E-state index in [1.54, 1.807) is 18.9 Å². The zero-order valence-electron chi connectivity index (χ0n) is 16.8. The van der Waals surface area contributed by atoms with Crippen molar-refractivity contribution in [3.05, 3.63) is 54.4 Å². The van der Waals surface area contributed by atoms with Crippen LogP contribution >= 0.6 is 24.0 Å². The minimum Gasteiger partial charge on any atom is -0.444 e. The number of aryl methyl sites for hydroxylation is 2. The van der Waals surface area contributed by atoms with Gasteiger partial charge in [-0.2, -0.15) is 0 Å². The molecule has 0 amide bonds. The van der Waals surface area contributed by atoms with Gasteiger partial charge in [0.25, 0.3) is 0 Å². The van der Waals surface area contributed by atoms with E-state index in [2.05, 4.69) is 44.7 Å². The summed E-state index contributed by atoms with van der Waals surface area (Å²) >= 11 is 0. The molecule has 0 atom stereocenters. The second-order valence-corrected chi connectivity index (χ2v) is 6.54. The van der Waals surface area contributed by atoms with Gasteiger partial charge < -0.3 is 19.6 Å². The Morgan fingerprint density at radius 2 is 1.86 bits per heavy atom. The lowest BCUT2D eigenvalue weighted by molar-refractivity contribution is 0.572. The van der Waals surface area contributed by atoms with Crippen molar-refractivity contribution in [2.45, 2.75) is 39.8 Å². The van der Waals surface area contributed by atoms with Gasteiger partial charge in [0.1, 0.15) is 24.6 Å². The van der Waals surface area contributed by atoms with Crippen LogP contribution in [0.25, 0.3) is 11.5 Å². The first kappa shape index (κ1) is 22.9. The number of hydrogen-bond acceptors (Lipinski definition) is 5. The van der Waals surface area contributed by atoms with E-state index in [0.29, 0.717) is 12.4 Å². The van der Waals surface area contributed by atoms with Crippen molar-refractivity contribution < 1.29 is 4.42 Å². The average Bonchev–Trinajstić information content (AvgIpc) is 3.38. The van der Waals surface area contributed by atoms with E-state index in [0.717, 1.165) is 49.7 Å². The lowest BCUT2D eigenvalue weighted by atomic mass is 10.1. The second-order valence-electron chi connectivity index (χ2n) is 6.54. The van der Waals surface area contributed by atoms with Gasteiger partial charge in [0, 0.05) is 25.2 Å². The van der Waals surface area contributed by atoms with Crippen LogP contribution in [0, 0.1) is 6.92 Å². The summed E-state index contributed by atoms with van der Waals surface area (Å²) in [5.74, 6) is 1.41. The summed E-state index contributed by atoms with van der Waals surface area (Å²) in [5, 5.41) is 14.2. The van der Waals surface area contributed by atoms with E-state index in [9.17, 15) is 0 Å². The number of oxazole rings is 1. The quantitative estimate of drug-likeness (QED) is 0.199. The highest BCUT2D eigenvalue weighted by atomic mass is 127. The van der Waals surface area contributed by atoms with Crippen LogP contribution in [0.5, 0.6) is 0 Å². The SMILES string of the molecule is CCNC(=NCc1coc(-c2ccc(C)cc2)n1)NCCCCn1cnnc1.I. The van der Waals surface area contributed by atoms with Crippen LogP contribution < -0.4 is 10.6 Å². The average molecular weight is 509 g/mol. The van der Waals surface area contributed by atoms with Gasteiger partial charge >= 0.3 is 0 Å². The Hall–Kier alpha value is -2.43. The van der Waals surface area contributed by atoms with Crippen LogP contribution in [0.2, 0.25) is 0 Å². The summed E-state index contributed by atoms with van der Waals surface area (Å²) in [4.78, 5) is 9.14. The predicted molar refractivity (Wildman–Crippen MR) is 124 cm³/mol. The van der Waals surface area contributed by atoms with E-state index in [4.69, 9.17) is 4.42 Å². The molecule has 0 fully saturated rings. The Morgan fingerprint density at radius 3 is 2.59 bits per heavy atom. The minimum absolute atomic E-state index is 0. The third-order valence-corrected chi connectivity index (χ3v) is 4.20. The van der Waals surface area contributed by atoms with E-state index < -0.39 is 0 Å². The first-order valence-electron chi connectivity index (χ1n) is 9.60. The third-order valence-electron chi connectivity index (χ3n) is 4.20. The number of guanidine groups is 1. The Labute approximate surface area is 188 Å². The minimum atomic E-state index is 0. The lowest BCUT2D eigenvalue weighted by Gasteiger charge is -2.10. The van der Waals surface area contributed by atoms with E-state index in [1.165, 1.54) is 5.56 Å². The second kappa shape index (κ2) is 12.2. The number of benzene rings is 1. The molecule has 2 aromatic heterocycles. The van der Waals surface area contributed by atoms with Crippen LogP contribution in [0.4, 0.5) is 0 Å². The standard InChI is InChI=1S/C20H27N7O.HI/c1-3-21-20(22-10-4-5-11-27-14-24-25-15-27)23-12-18-13-28-19(26-18)17-8-6-16(2)7-9-17;/h6-9,13-15H,3-5,10-12H2,1-2H3,(H2,21,22,23);1H. The van der Waals surface area contributed by atoms with Crippen LogP contribution in [0.1, 0.15) is 31.0 Å². The van der Waals surface area contributed by atoms with Gasteiger partial charge in [0.05, 0.1) is 6.54 Å². The number of aliphatic imine (C=N–C) groups is 1. The zero-order valence-corrected chi connectivity index (χ0v) is 19.2. The Bertz CT molecular complexity index is 859. The topological polar surface area (TPSA) is 93.2 Å². The molecule has 2 heterocycles. The number of nitrogens with zero attached hydrogens (tertiary/aromatic N) is 5. The highest BCUT2D eigenvalue weighted by Crippen LogP contribution is 2.19. The van der Waals surface area contributed by atoms with E-state index >= 15 is 0 Å². The van der Waals surface area contributed by atoms with Crippen LogP contribution in [-0.4, -0.2) is 38.8 Å². The Kier molecular flexibility index (Phi) is 9.62. The third kappa shape index (κ3) is 7.48. The van der Waals surface area contributed by atoms with Crippen molar-refractivity contribution in [2.24, 2.45) is 4.99 Å².